The molecule has 2 atom stereocenters. The van der Waals surface area contributed by atoms with Crippen molar-refractivity contribution in [3.63, 3.8) is 0 Å². The highest BCUT2D eigenvalue weighted by Crippen LogP contribution is 2.22. The minimum absolute atomic E-state index is 0.0110. The van der Waals surface area contributed by atoms with Gasteiger partial charge in [0.2, 0.25) is 0 Å². The Morgan fingerprint density at radius 2 is 2.08 bits per heavy atom. The fourth-order valence-electron chi connectivity index (χ4n) is 3.43. The number of anilines is 1. The van der Waals surface area contributed by atoms with E-state index in [4.69, 9.17) is 9.47 Å². The Labute approximate surface area is 144 Å². The summed E-state index contributed by atoms with van der Waals surface area (Å²) in [4.78, 5) is 14.9. The molecule has 1 aromatic carbocycles. The lowest BCUT2D eigenvalue weighted by Crippen LogP contribution is -2.39. The van der Waals surface area contributed by atoms with E-state index in [1.54, 1.807) is 0 Å². The molecule has 1 N–H and O–H groups in total. The molecule has 0 saturated carbocycles. The molecule has 0 bridgehead atoms. The van der Waals surface area contributed by atoms with Crippen LogP contribution in [0.25, 0.3) is 0 Å². The van der Waals surface area contributed by atoms with Gasteiger partial charge in [-0.2, -0.15) is 0 Å². The summed E-state index contributed by atoms with van der Waals surface area (Å²) in [6.45, 7) is 6.06. The zero-order valence-corrected chi connectivity index (χ0v) is 14.5. The summed E-state index contributed by atoms with van der Waals surface area (Å²) in [5.74, 6) is 0.0110. The van der Waals surface area contributed by atoms with E-state index < -0.39 is 0 Å². The van der Waals surface area contributed by atoms with Crippen LogP contribution in [0.15, 0.2) is 24.3 Å². The van der Waals surface area contributed by atoms with Gasteiger partial charge in [0, 0.05) is 31.4 Å². The lowest BCUT2D eigenvalue weighted by molar-refractivity contribution is 0.0898. The molecule has 2 saturated heterocycles. The van der Waals surface area contributed by atoms with Crippen molar-refractivity contribution in [2.75, 3.05) is 37.8 Å². The Kier molecular flexibility index (Phi) is 6.10. The van der Waals surface area contributed by atoms with Crippen molar-refractivity contribution in [1.82, 2.24) is 5.32 Å². The van der Waals surface area contributed by atoms with Gasteiger partial charge < -0.3 is 19.7 Å². The van der Waals surface area contributed by atoms with Gasteiger partial charge in [0.05, 0.1) is 24.9 Å². The van der Waals surface area contributed by atoms with Gasteiger partial charge in [-0.25, -0.2) is 0 Å². The standard InChI is InChI=1S/C19H28N2O3/c1-15(8-9-16-5-4-12-24-16)20-19(22)17-6-2-3-7-18(17)21-10-13-23-14-11-21/h2-3,6-7,15-16H,4-5,8-14H2,1H3,(H,20,22)/t15-,16-/m1/s1. The lowest BCUT2D eigenvalue weighted by atomic mass is 10.1. The Hall–Kier alpha value is -1.59. The molecule has 2 fully saturated rings. The average Bonchev–Trinajstić information content (AvgIpc) is 3.14. The van der Waals surface area contributed by atoms with E-state index in [1.165, 1.54) is 6.42 Å². The highest BCUT2D eigenvalue weighted by molar-refractivity contribution is 6.00. The van der Waals surface area contributed by atoms with Gasteiger partial charge in [-0.3, -0.25) is 4.79 Å². The van der Waals surface area contributed by atoms with Crippen LogP contribution in [-0.4, -0.2) is 51.0 Å². The fourth-order valence-corrected chi connectivity index (χ4v) is 3.43. The molecular weight excluding hydrogens is 304 g/mol. The van der Waals surface area contributed by atoms with Crippen molar-refractivity contribution in [1.29, 1.82) is 0 Å². The van der Waals surface area contributed by atoms with E-state index in [1.807, 2.05) is 24.3 Å². The van der Waals surface area contributed by atoms with Crippen LogP contribution in [0.3, 0.4) is 0 Å². The molecular formula is C19H28N2O3. The summed E-state index contributed by atoms with van der Waals surface area (Å²) in [6, 6.07) is 8.00. The summed E-state index contributed by atoms with van der Waals surface area (Å²) in [5, 5.41) is 3.15. The van der Waals surface area contributed by atoms with Crippen LogP contribution in [0.2, 0.25) is 0 Å². The zero-order chi connectivity index (χ0) is 16.8. The molecule has 5 nitrogen and oxygen atoms in total. The van der Waals surface area contributed by atoms with Crippen LogP contribution >= 0.6 is 0 Å². The number of carbonyl (C=O) groups excluding carboxylic acids is 1. The Morgan fingerprint density at radius 1 is 1.29 bits per heavy atom. The molecule has 1 amide bonds. The smallest absolute Gasteiger partial charge is 0.253 e. The molecule has 5 heteroatoms. The second-order valence-corrected chi connectivity index (χ2v) is 6.70. The highest BCUT2D eigenvalue weighted by atomic mass is 16.5. The quantitative estimate of drug-likeness (QED) is 0.870. The fraction of sp³-hybridized carbons (Fsp3) is 0.632. The van der Waals surface area contributed by atoms with Crippen molar-refractivity contribution in [2.45, 2.75) is 44.8 Å². The monoisotopic (exact) mass is 332 g/mol. The molecule has 3 rings (SSSR count). The van der Waals surface area contributed by atoms with Crippen LogP contribution < -0.4 is 10.2 Å². The van der Waals surface area contributed by atoms with E-state index >= 15 is 0 Å². The second kappa shape index (κ2) is 8.49. The van der Waals surface area contributed by atoms with Crippen LogP contribution in [0, 0.1) is 0 Å². The summed E-state index contributed by atoms with van der Waals surface area (Å²) in [5.41, 5.74) is 1.76. The number of nitrogens with one attached hydrogen (secondary N) is 1. The molecule has 0 spiro atoms. The third-order valence-corrected chi connectivity index (χ3v) is 4.82. The van der Waals surface area contributed by atoms with Crippen molar-refractivity contribution in [3.8, 4) is 0 Å². The molecule has 0 aromatic heterocycles. The van der Waals surface area contributed by atoms with Gasteiger partial charge in [0.25, 0.3) is 5.91 Å². The molecule has 132 valence electrons. The minimum Gasteiger partial charge on any atom is -0.378 e. The Morgan fingerprint density at radius 3 is 2.83 bits per heavy atom. The molecule has 0 aliphatic carbocycles. The number of amides is 1. The van der Waals surface area contributed by atoms with Gasteiger partial charge in [-0.05, 0) is 44.7 Å². The number of hydrogen-bond donors (Lipinski definition) is 1. The number of para-hydroxylation sites is 1. The van der Waals surface area contributed by atoms with E-state index in [9.17, 15) is 4.79 Å². The highest BCUT2D eigenvalue weighted by Gasteiger charge is 2.20. The number of carbonyl (C=O) groups is 1. The molecule has 0 radical (unpaired) electrons. The average molecular weight is 332 g/mol. The largest absolute Gasteiger partial charge is 0.378 e. The van der Waals surface area contributed by atoms with Gasteiger partial charge >= 0.3 is 0 Å². The number of morpholine rings is 1. The first-order valence-electron chi connectivity index (χ1n) is 9.08. The predicted octanol–water partition coefficient (Wildman–Crippen LogP) is 2.60. The van der Waals surface area contributed by atoms with Gasteiger partial charge in [0.15, 0.2) is 0 Å². The first-order valence-corrected chi connectivity index (χ1v) is 9.08. The third kappa shape index (κ3) is 4.48. The van der Waals surface area contributed by atoms with Crippen LogP contribution in [0.1, 0.15) is 43.0 Å². The Balaban J connectivity index is 1.57. The second-order valence-electron chi connectivity index (χ2n) is 6.70. The number of ether oxygens (including phenoxy) is 2. The number of nitrogens with zero attached hydrogens (tertiary/aromatic N) is 1. The van der Waals surface area contributed by atoms with E-state index in [2.05, 4.69) is 17.1 Å². The molecule has 0 unspecified atom stereocenters. The predicted molar refractivity (Wildman–Crippen MR) is 94.6 cm³/mol. The van der Waals surface area contributed by atoms with E-state index in [0.29, 0.717) is 19.3 Å². The number of rotatable bonds is 6. The van der Waals surface area contributed by atoms with Crippen molar-refractivity contribution >= 4 is 11.6 Å². The van der Waals surface area contributed by atoms with Gasteiger partial charge in [-0.1, -0.05) is 12.1 Å². The first-order chi connectivity index (χ1) is 11.7. The molecule has 1 aromatic rings. The summed E-state index contributed by atoms with van der Waals surface area (Å²) < 4.78 is 11.1. The normalized spacial score (nSPS) is 22.4. The zero-order valence-electron chi connectivity index (χ0n) is 14.5. The molecule has 2 aliphatic rings. The van der Waals surface area contributed by atoms with Crippen LogP contribution in [-0.2, 0) is 9.47 Å². The summed E-state index contributed by atoms with van der Waals surface area (Å²) in [7, 11) is 0. The number of benzene rings is 1. The maximum atomic E-state index is 12.7. The lowest BCUT2D eigenvalue weighted by Gasteiger charge is -2.30. The van der Waals surface area contributed by atoms with Crippen molar-refractivity contribution in [2.24, 2.45) is 0 Å². The van der Waals surface area contributed by atoms with Gasteiger partial charge in [0.1, 0.15) is 0 Å². The summed E-state index contributed by atoms with van der Waals surface area (Å²) in [6.07, 6.45) is 4.67. The van der Waals surface area contributed by atoms with Crippen LogP contribution in [0.5, 0.6) is 0 Å². The molecule has 2 aliphatic heterocycles. The maximum Gasteiger partial charge on any atom is 0.253 e. The van der Waals surface area contributed by atoms with E-state index in [-0.39, 0.29) is 11.9 Å². The van der Waals surface area contributed by atoms with E-state index in [0.717, 1.165) is 50.2 Å². The maximum absolute atomic E-state index is 12.7. The van der Waals surface area contributed by atoms with Gasteiger partial charge in [-0.15, -0.1) is 0 Å². The molecule has 24 heavy (non-hydrogen) atoms. The van der Waals surface area contributed by atoms with Crippen molar-refractivity contribution < 1.29 is 14.3 Å². The number of hydrogen-bond acceptors (Lipinski definition) is 4. The van der Waals surface area contributed by atoms with Crippen LogP contribution in [0.4, 0.5) is 5.69 Å². The molecule has 2 heterocycles. The minimum atomic E-state index is 0.0110. The Bertz CT molecular complexity index is 537. The van der Waals surface area contributed by atoms with Crippen molar-refractivity contribution in [3.05, 3.63) is 29.8 Å². The topological polar surface area (TPSA) is 50.8 Å². The SMILES string of the molecule is C[C@H](CC[C@H]1CCCO1)NC(=O)c1ccccc1N1CCOCC1. The third-order valence-electron chi connectivity index (χ3n) is 4.82. The summed E-state index contributed by atoms with van der Waals surface area (Å²) >= 11 is 0. The first kappa shape index (κ1) is 17.2.